The van der Waals surface area contributed by atoms with E-state index in [1.54, 1.807) is 24.3 Å². The number of rotatable bonds is 22. The number of amides is 1. The van der Waals surface area contributed by atoms with Gasteiger partial charge in [-0.1, -0.05) is 118 Å². The van der Waals surface area contributed by atoms with Crippen LogP contribution in [0.25, 0.3) is 0 Å². The van der Waals surface area contributed by atoms with Crippen LogP contribution in [0.3, 0.4) is 0 Å². The summed E-state index contributed by atoms with van der Waals surface area (Å²) < 4.78 is 31.5. The summed E-state index contributed by atoms with van der Waals surface area (Å²) in [6.45, 7) is 7.84. The van der Waals surface area contributed by atoms with E-state index in [2.05, 4.69) is 17.1 Å². The van der Waals surface area contributed by atoms with Crippen LogP contribution in [0.4, 0.5) is 22.7 Å². The number of carbonyl (C=O) groups is 1. The van der Waals surface area contributed by atoms with E-state index in [-0.39, 0.29) is 50.4 Å². The Morgan fingerprint density at radius 2 is 1.47 bits per heavy atom. The van der Waals surface area contributed by atoms with Gasteiger partial charge in [-0.05, 0) is 74.4 Å². The highest BCUT2D eigenvalue weighted by atomic mass is 35.5. The van der Waals surface area contributed by atoms with Gasteiger partial charge in [-0.25, -0.2) is 28.1 Å². The second kappa shape index (κ2) is 22.7. The monoisotopic (exact) mass is 879 g/mol. The van der Waals surface area contributed by atoms with Crippen LogP contribution in [0.5, 0.6) is 0 Å². The second-order valence-corrected chi connectivity index (χ2v) is 17.5. The molecule has 310 valence electrons. The van der Waals surface area contributed by atoms with Crippen LogP contribution in [0, 0.1) is 12.3 Å². The molecule has 1 aliphatic heterocycles. The summed E-state index contributed by atoms with van der Waals surface area (Å²) >= 11 is 25.9. The number of likely N-dealkylation sites (N-methyl/N-ethyl adjacent to an activating group) is 1. The number of aryl methyl sites for hydroxylation is 1. The number of anilines is 2. The molecular weight excluding hydrogens is 828 g/mol. The number of sulfonamides is 1. The molecule has 0 unspecified atom stereocenters. The number of ether oxygens (including phenoxy) is 1. The smallest absolute Gasteiger partial charge is 0.299 e. The number of amidine groups is 1. The first-order chi connectivity index (χ1) is 27.2. The third-order valence-electron chi connectivity index (χ3n) is 9.39. The first-order valence-electron chi connectivity index (χ1n) is 19.5. The summed E-state index contributed by atoms with van der Waals surface area (Å²) in [7, 11) is -3.32. The molecule has 0 radical (unpaired) electrons. The van der Waals surface area contributed by atoms with Gasteiger partial charge in [-0.3, -0.25) is 15.6 Å². The molecule has 11 nitrogen and oxygen atoms in total. The summed E-state index contributed by atoms with van der Waals surface area (Å²) in [6, 6.07) is 13.4. The largest absolute Gasteiger partial charge is 0.478 e. The van der Waals surface area contributed by atoms with Gasteiger partial charge in [-0.2, -0.15) is 0 Å². The van der Waals surface area contributed by atoms with Crippen molar-refractivity contribution in [3.63, 3.8) is 0 Å². The van der Waals surface area contributed by atoms with Gasteiger partial charge in [0.15, 0.2) is 11.5 Å². The first-order valence-corrected chi connectivity index (χ1v) is 22.9. The Morgan fingerprint density at radius 1 is 0.842 bits per heavy atom. The van der Waals surface area contributed by atoms with Crippen molar-refractivity contribution in [1.29, 1.82) is 5.41 Å². The highest BCUT2D eigenvalue weighted by Gasteiger charge is 2.37. The highest BCUT2D eigenvalue weighted by Crippen LogP contribution is 2.38. The van der Waals surface area contributed by atoms with E-state index in [1.807, 2.05) is 30.9 Å². The maximum absolute atomic E-state index is 14.1. The molecule has 1 heterocycles. The zero-order valence-corrected chi connectivity index (χ0v) is 36.9. The average Bonchev–Trinajstić information content (AvgIpc) is 3.44. The van der Waals surface area contributed by atoms with E-state index in [0.29, 0.717) is 36.0 Å². The van der Waals surface area contributed by atoms with E-state index >= 15 is 0 Å². The zero-order valence-electron chi connectivity index (χ0n) is 33.1. The summed E-state index contributed by atoms with van der Waals surface area (Å²) in [4.78, 5) is 25.7. The van der Waals surface area contributed by atoms with Gasteiger partial charge in [0, 0.05) is 35.9 Å². The van der Waals surface area contributed by atoms with Crippen molar-refractivity contribution in [2.24, 2.45) is 9.98 Å². The van der Waals surface area contributed by atoms with Gasteiger partial charge in [0.2, 0.25) is 15.9 Å². The molecule has 0 bridgehead atoms. The molecule has 0 atom stereocenters. The van der Waals surface area contributed by atoms with Gasteiger partial charge in [0.25, 0.3) is 5.91 Å². The minimum Gasteiger partial charge on any atom is -0.478 e. The van der Waals surface area contributed by atoms with Crippen LogP contribution >= 0.6 is 46.4 Å². The van der Waals surface area contributed by atoms with E-state index in [9.17, 15) is 13.2 Å². The molecule has 57 heavy (non-hydrogen) atoms. The molecule has 1 amide bonds. The summed E-state index contributed by atoms with van der Waals surface area (Å²) in [6.07, 6.45) is 14.6. The normalized spacial score (nSPS) is 14.5. The van der Waals surface area contributed by atoms with Crippen LogP contribution in [0.2, 0.25) is 20.1 Å². The number of hydrazine groups is 1. The molecule has 3 aromatic rings. The third kappa shape index (κ3) is 14.1. The molecule has 0 spiro atoms. The number of carbonyl (C=O) groups excluding carboxylic acids is 1. The minimum absolute atomic E-state index is 0.00478. The van der Waals surface area contributed by atoms with E-state index in [1.165, 1.54) is 63.5 Å². The maximum atomic E-state index is 14.1. The van der Waals surface area contributed by atoms with Crippen LogP contribution in [-0.4, -0.2) is 64.3 Å². The van der Waals surface area contributed by atoms with Crippen molar-refractivity contribution in [3.8, 4) is 0 Å². The molecule has 1 saturated heterocycles. The summed E-state index contributed by atoms with van der Waals surface area (Å²) in [5.41, 5.74) is 6.00. The molecule has 4 rings (SSSR count). The van der Waals surface area contributed by atoms with Crippen molar-refractivity contribution in [2.45, 2.75) is 91.4 Å². The lowest BCUT2D eigenvalue weighted by Gasteiger charge is -2.23. The molecule has 0 aromatic heterocycles. The van der Waals surface area contributed by atoms with E-state index < -0.39 is 15.9 Å². The predicted octanol–water partition coefficient (Wildman–Crippen LogP) is 11.0. The van der Waals surface area contributed by atoms with E-state index in [0.717, 1.165) is 41.8 Å². The predicted molar refractivity (Wildman–Crippen MR) is 239 cm³/mol. The molecule has 1 aliphatic rings. The number of unbranched alkanes of at least 4 members (excludes halogenated alkanes) is 10. The Labute approximate surface area is 357 Å². The number of halogens is 4. The molecule has 3 N–H and O–H groups in total. The zero-order chi connectivity index (χ0) is 41.5. The molecule has 16 heteroatoms. The van der Waals surface area contributed by atoms with Gasteiger partial charge in [-0.15, -0.1) is 0 Å². The third-order valence-corrected chi connectivity index (χ3v) is 11.2. The summed E-state index contributed by atoms with van der Waals surface area (Å²) in [5.74, 6) is -0.518. The average molecular weight is 882 g/mol. The van der Waals surface area contributed by atoms with Gasteiger partial charge in [0.1, 0.15) is 5.69 Å². The quantitative estimate of drug-likeness (QED) is 0.0522. The van der Waals surface area contributed by atoms with Crippen LogP contribution in [-0.2, 0) is 19.6 Å². The van der Waals surface area contributed by atoms with Crippen molar-refractivity contribution >= 4 is 103 Å². The summed E-state index contributed by atoms with van der Waals surface area (Å²) in [5, 5.41) is 10.6. The number of aliphatic imine (C=N–C) groups is 2. The molecule has 0 saturated carbocycles. The van der Waals surface area contributed by atoms with Crippen molar-refractivity contribution < 1.29 is 17.9 Å². The van der Waals surface area contributed by atoms with Crippen LogP contribution in [0.15, 0.2) is 58.5 Å². The number of hydrogen-bond donors (Lipinski definition) is 3. The topological polar surface area (TPSA) is 140 Å². The van der Waals surface area contributed by atoms with Crippen LogP contribution < -0.4 is 20.1 Å². The lowest BCUT2D eigenvalue weighted by atomic mass is 10.1. The fourth-order valence-electron chi connectivity index (χ4n) is 6.30. The lowest BCUT2D eigenvalue weighted by Crippen LogP contribution is -2.36. The van der Waals surface area contributed by atoms with Gasteiger partial charge >= 0.3 is 0 Å². The minimum atomic E-state index is -3.32. The Kier molecular flexibility index (Phi) is 18.4. The number of hydrogen-bond acceptors (Lipinski definition) is 8. The van der Waals surface area contributed by atoms with Crippen molar-refractivity contribution in [3.05, 3.63) is 79.7 Å². The van der Waals surface area contributed by atoms with Gasteiger partial charge < -0.3 is 9.64 Å². The van der Waals surface area contributed by atoms with Gasteiger partial charge in [0.05, 0.1) is 39.3 Å². The number of benzene rings is 3. The molecule has 3 aromatic carbocycles. The Bertz CT molecular complexity index is 2020. The Balaban J connectivity index is 1.54. The fraction of sp³-hybridized carbons (Fsp3) is 0.463. The van der Waals surface area contributed by atoms with Crippen LogP contribution in [0.1, 0.15) is 95.6 Å². The SMILES string of the molecule is CCCCCCCCCCCCCOC(=N)c1ccc(Cl)c(N=C2NN(c3c(Cl)cc(Cl)cc3Cl)C(=O)C2=Nc2ccc(N(CC)CCNS(C)(=O)=O)cc2C)c1. The molecule has 0 aliphatic carbocycles. The fourth-order valence-corrected chi connectivity index (χ4v) is 7.91. The van der Waals surface area contributed by atoms with Crippen molar-refractivity contribution in [1.82, 2.24) is 10.1 Å². The second-order valence-electron chi connectivity index (χ2n) is 14.0. The van der Waals surface area contributed by atoms with E-state index in [4.69, 9.17) is 66.5 Å². The lowest BCUT2D eigenvalue weighted by molar-refractivity contribution is -0.112. The maximum Gasteiger partial charge on any atom is 0.299 e. The highest BCUT2D eigenvalue weighted by molar-refractivity contribution is 7.88. The Hall–Kier alpha value is -3.39. The molecule has 1 fully saturated rings. The first kappa shape index (κ1) is 46.3. The number of nitrogens with zero attached hydrogens (tertiary/aromatic N) is 4. The molecular formula is C41H53Cl4N7O4S. The van der Waals surface area contributed by atoms with Crippen molar-refractivity contribution in [2.75, 3.05) is 42.4 Å². The standard InChI is InChI=1S/C41H53Cl4N7O4S/c1-5-7-8-9-10-11-12-13-14-15-16-23-56-39(46)29-17-19-32(43)36(25-29)49-40-37(41(53)52(50-40)38-33(44)26-30(42)27-34(38)45)48-35-20-18-31(24-28(35)3)51(6-2)22-21-47-57(4,54)55/h17-20,24-27,46-47H,5-16,21-23H2,1-4H3,(H,49,50). The Morgan fingerprint density at radius 3 is 2.07 bits per heavy atom. The number of nitrogens with one attached hydrogen (secondary N) is 3.